The van der Waals surface area contributed by atoms with Crippen molar-refractivity contribution >= 4 is 5.91 Å². The summed E-state index contributed by atoms with van der Waals surface area (Å²) in [5.74, 6) is 1.22. The largest absolute Gasteiger partial charge is 0.485 e. The summed E-state index contributed by atoms with van der Waals surface area (Å²) in [6.45, 7) is 1.91. The second-order valence-electron chi connectivity index (χ2n) is 4.95. The van der Waals surface area contributed by atoms with Gasteiger partial charge in [-0.05, 0) is 31.0 Å². The molecule has 0 unspecified atom stereocenters. The minimum Gasteiger partial charge on any atom is -0.485 e. The molecule has 1 fully saturated rings. The number of hydrogen-bond acceptors (Lipinski definition) is 4. The monoisotopic (exact) mass is 283 g/mol. The number of para-hydroxylation sites is 1. The maximum absolute atomic E-state index is 12.5. The van der Waals surface area contributed by atoms with Crippen LogP contribution < -0.4 is 4.74 Å². The van der Waals surface area contributed by atoms with Crippen molar-refractivity contribution in [2.45, 2.75) is 19.4 Å². The van der Waals surface area contributed by atoms with Crippen LogP contribution in [0.25, 0.3) is 0 Å². The number of ether oxygens (including phenoxy) is 1. The van der Waals surface area contributed by atoms with Gasteiger partial charge in [0.05, 0.1) is 5.56 Å². The predicted octanol–water partition coefficient (Wildman–Crippen LogP) is 2.29. The number of nitrogens with zero attached hydrogens (tertiary/aromatic N) is 3. The van der Waals surface area contributed by atoms with E-state index in [-0.39, 0.29) is 12.5 Å². The molecule has 0 saturated carbocycles. The quantitative estimate of drug-likeness (QED) is 0.864. The van der Waals surface area contributed by atoms with Crippen LogP contribution >= 0.6 is 0 Å². The molecule has 2 aromatic rings. The average molecular weight is 283 g/mol. The van der Waals surface area contributed by atoms with E-state index in [4.69, 9.17) is 4.74 Å². The third kappa shape index (κ3) is 3.18. The summed E-state index contributed by atoms with van der Waals surface area (Å²) in [4.78, 5) is 22.6. The fraction of sp³-hybridized carbons (Fsp3) is 0.312. The molecule has 108 valence electrons. The van der Waals surface area contributed by atoms with Crippen molar-refractivity contribution in [2.75, 3.05) is 13.1 Å². The van der Waals surface area contributed by atoms with Gasteiger partial charge in [0.25, 0.3) is 5.91 Å². The maximum Gasteiger partial charge on any atom is 0.257 e. The standard InChI is InChI=1S/C16H17N3O2/c20-16(19-10-3-4-11-19)13-6-1-2-7-14(13)21-12-15-17-8-5-9-18-15/h1-2,5-9H,3-4,10-12H2. The molecule has 21 heavy (non-hydrogen) atoms. The average Bonchev–Trinajstić information content (AvgIpc) is 3.08. The molecule has 1 aliphatic rings. The van der Waals surface area contributed by atoms with E-state index in [9.17, 15) is 4.79 Å². The first-order chi connectivity index (χ1) is 10.3. The fourth-order valence-electron chi connectivity index (χ4n) is 2.41. The molecule has 1 saturated heterocycles. The highest BCUT2D eigenvalue weighted by atomic mass is 16.5. The second-order valence-corrected chi connectivity index (χ2v) is 4.95. The Labute approximate surface area is 123 Å². The van der Waals surface area contributed by atoms with Crippen molar-refractivity contribution in [3.05, 3.63) is 54.1 Å². The van der Waals surface area contributed by atoms with Crippen molar-refractivity contribution in [1.29, 1.82) is 0 Å². The van der Waals surface area contributed by atoms with Gasteiger partial charge >= 0.3 is 0 Å². The SMILES string of the molecule is O=C(c1ccccc1OCc1ncccn1)N1CCCC1. The first-order valence-corrected chi connectivity index (χ1v) is 7.11. The predicted molar refractivity (Wildman–Crippen MR) is 77.9 cm³/mol. The Bertz CT molecular complexity index is 610. The van der Waals surface area contributed by atoms with Crippen LogP contribution in [0.15, 0.2) is 42.7 Å². The van der Waals surface area contributed by atoms with E-state index < -0.39 is 0 Å². The summed E-state index contributed by atoms with van der Waals surface area (Å²) in [6, 6.07) is 9.10. The third-order valence-electron chi connectivity index (χ3n) is 3.49. The zero-order chi connectivity index (χ0) is 14.5. The Kier molecular flexibility index (Phi) is 4.09. The smallest absolute Gasteiger partial charge is 0.257 e. The minimum atomic E-state index is 0.0390. The highest BCUT2D eigenvalue weighted by molar-refractivity contribution is 5.97. The van der Waals surface area contributed by atoms with Gasteiger partial charge in [-0.2, -0.15) is 0 Å². The first-order valence-electron chi connectivity index (χ1n) is 7.11. The summed E-state index contributed by atoms with van der Waals surface area (Å²) < 4.78 is 5.73. The Balaban J connectivity index is 1.74. The number of amides is 1. The van der Waals surface area contributed by atoms with Gasteiger partial charge in [-0.15, -0.1) is 0 Å². The van der Waals surface area contributed by atoms with Crippen molar-refractivity contribution in [1.82, 2.24) is 14.9 Å². The van der Waals surface area contributed by atoms with Gasteiger partial charge in [0.15, 0.2) is 5.82 Å². The zero-order valence-corrected chi connectivity index (χ0v) is 11.7. The van der Waals surface area contributed by atoms with E-state index >= 15 is 0 Å². The lowest BCUT2D eigenvalue weighted by molar-refractivity contribution is 0.0787. The number of aromatic nitrogens is 2. The number of carbonyl (C=O) groups excluding carboxylic acids is 1. The van der Waals surface area contributed by atoms with Crippen LogP contribution in [0, 0.1) is 0 Å². The highest BCUT2D eigenvalue weighted by Gasteiger charge is 2.22. The van der Waals surface area contributed by atoms with Gasteiger partial charge < -0.3 is 9.64 Å². The second kappa shape index (κ2) is 6.35. The van der Waals surface area contributed by atoms with Crippen LogP contribution in [0.4, 0.5) is 0 Å². The molecule has 0 radical (unpaired) electrons. The van der Waals surface area contributed by atoms with Crippen LogP contribution in [0.2, 0.25) is 0 Å². The topological polar surface area (TPSA) is 55.3 Å². The molecule has 1 amide bonds. The lowest BCUT2D eigenvalue weighted by Crippen LogP contribution is -2.28. The minimum absolute atomic E-state index is 0.0390. The van der Waals surface area contributed by atoms with E-state index in [1.54, 1.807) is 18.5 Å². The number of likely N-dealkylation sites (tertiary alicyclic amines) is 1. The Morgan fingerprint density at radius 1 is 1.10 bits per heavy atom. The van der Waals surface area contributed by atoms with Gasteiger partial charge in [0.2, 0.25) is 0 Å². The zero-order valence-electron chi connectivity index (χ0n) is 11.7. The van der Waals surface area contributed by atoms with Crippen LogP contribution in [0.1, 0.15) is 29.0 Å². The van der Waals surface area contributed by atoms with E-state index in [2.05, 4.69) is 9.97 Å². The van der Waals surface area contributed by atoms with Crippen molar-refractivity contribution in [3.63, 3.8) is 0 Å². The first kappa shape index (κ1) is 13.5. The van der Waals surface area contributed by atoms with E-state index in [1.807, 2.05) is 29.2 Å². The molecular formula is C16H17N3O2. The van der Waals surface area contributed by atoms with Gasteiger partial charge in [-0.25, -0.2) is 9.97 Å². The Hall–Kier alpha value is -2.43. The van der Waals surface area contributed by atoms with E-state index in [1.165, 1.54) is 0 Å². The molecule has 1 aromatic carbocycles. The molecule has 3 rings (SSSR count). The van der Waals surface area contributed by atoms with Crippen LogP contribution in [-0.2, 0) is 6.61 Å². The highest BCUT2D eigenvalue weighted by Crippen LogP contribution is 2.22. The molecule has 0 aliphatic carbocycles. The van der Waals surface area contributed by atoms with Gasteiger partial charge in [-0.1, -0.05) is 12.1 Å². The van der Waals surface area contributed by atoms with E-state index in [0.29, 0.717) is 17.1 Å². The summed E-state index contributed by atoms with van der Waals surface area (Å²) in [5.41, 5.74) is 0.607. The Morgan fingerprint density at radius 2 is 1.81 bits per heavy atom. The maximum atomic E-state index is 12.5. The summed E-state index contributed by atoms with van der Waals surface area (Å²) in [6.07, 6.45) is 5.50. The lowest BCUT2D eigenvalue weighted by Gasteiger charge is -2.17. The molecule has 5 nitrogen and oxygen atoms in total. The summed E-state index contributed by atoms with van der Waals surface area (Å²) >= 11 is 0. The number of hydrogen-bond donors (Lipinski definition) is 0. The summed E-state index contributed by atoms with van der Waals surface area (Å²) in [5, 5.41) is 0. The molecule has 0 spiro atoms. The lowest BCUT2D eigenvalue weighted by atomic mass is 10.2. The normalized spacial score (nSPS) is 14.2. The molecule has 1 aromatic heterocycles. The number of rotatable bonds is 4. The van der Waals surface area contributed by atoms with Crippen LogP contribution in [0.5, 0.6) is 5.75 Å². The molecule has 1 aliphatic heterocycles. The molecule has 2 heterocycles. The van der Waals surface area contributed by atoms with Gasteiger partial charge in [0, 0.05) is 25.5 Å². The van der Waals surface area contributed by atoms with Crippen LogP contribution in [0.3, 0.4) is 0 Å². The molecule has 5 heteroatoms. The fourth-order valence-corrected chi connectivity index (χ4v) is 2.41. The Morgan fingerprint density at radius 3 is 2.57 bits per heavy atom. The van der Waals surface area contributed by atoms with Crippen molar-refractivity contribution in [2.24, 2.45) is 0 Å². The van der Waals surface area contributed by atoms with Gasteiger partial charge in [-0.3, -0.25) is 4.79 Å². The molecular weight excluding hydrogens is 266 g/mol. The third-order valence-corrected chi connectivity index (χ3v) is 3.49. The molecule has 0 atom stereocenters. The summed E-state index contributed by atoms with van der Waals surface area (Å²) in [7, 11) is 0. The number of benzene rings is 1. The molecule has 0 bridgehead atoms. The van der Waals surface area contributed by atoms with Crippen LogP contribution in [-0.4, -0.2) is 33.9 Å². The number of carbonyl (C=O) groups is 1. The van der Waals surface area contributed by atoms with Crippen molar-refractivity contribution in [3.8, 4) is 5.75 Å². The molecule has 0 N–H and O–H groups in total. The van der Waals surface area contributed by atoms with Gasteiger partial charge in [0.1, 0.15) is 12.4 Å². The van der Waals surface area contributed by atoms with Crippen molar-refractivity contribution < 1.29 is 9.53 Å². The van der Waals surface area contributed by atoms with E-state index in [0.717, 1.165) is 25.9 Å².